The highest BCUT2D eigenvalue weighted by atomic mass is 16.2. The molecule has 1 fully saturated rings. The smallest absolute Gasteiger partial charge is 0.257 e. The van der Waals surface area contributed by atoms with Crippen LogP contribution < -0.4 is 5.32 Å². The van der Waals surface area contributed by atoms with E-state index >= 15 is 0 Å². The van der Waals surface area contributed by atoms with Gasteiger partial charge < -0.3 is 10.2 Å². The lowest BCUT2D eigenvalue weighted by molar-refractivity contribution is -0.127. The molecule has 2 amide bonds. The van der Waals surface area contributed by atoms with Gasteiger partial charge in [-0.25, -0.2) is 0 Å². The van der Waals surface area contributed by atoms with Crippen LogP contribution in [0.2, 0.25) is 0 Å². The number of piperazine rings is 1. The first-order chi connectivity index (χ1) is 13.0. The number of hydrogen-bond acceptors (Lipinski definition) is 4. The van der Waals surface area contributed by atoms with Crippen LogP contribution >= 0.6 is 0 Å². The summed E-state index contributed by atoms with van der Waals surface area (Å²) in [6.07, 6.45) is 2.62. The van der Waals surface area contributed by atoms with E-state index in [0.29, 0.717) is 30.9 Å². The van der Waals surface area contributed by atoms with Crippen molar-refractivity contribution in [2.45, 2.75) is 19.4 Å². The summed E-state index contributed by atoms with van der Waals surface area (Å²) in [5.74, 6) is -0.110. The van der Waals surface area contributed by atoms with Crippen molar-refractivity contribution in [1.82, 2.24) is 24.9 Å². The van der Waals surface area contributed by atoms with Crippen molar-refractivity contribution in [2.24, 2.45) is 7.05 Å². The molecule has 0 radical (unpaired) electrons. The number of likely N-dealkylation sites (N-methyl/N-ethyl adjacent to an activating group) is 1. The van der Waals surface area contributed by atoms with E-state index in [2.05, 4.69) is 27.4 Å². The van der Waals surface area contributed by atoms with Crippen molar-refractivity contribution in [3.8, 4) is 0 Å². The zero-order chi connectivity index (χ0) is 19.4. The molecule has 3 rings (SSSR count). The highest BCUT2D eigenvalue weighted by Gasteiger charge is 2.34. The second kappa shape index (κ2) is 8.35. The van der Waals surface area contributed by atoms with Gasteiger partial charge in [0.25, 0.3) is 5.91 Å². The average molecular weight is 369 g/mol. The quantitative estimate of drug-likeness (QED) is 0.848. The lowest BCUT2D eigenvalue weighted by Gasteiger charge is -2.40. The molecule has 144 valence electrons. The first-order valence-electron chi connectivity index (χ1n) is 9.28. The number of nitrogens with zero attached hydrogens (tertiary/aromatic N) is 4. The van der Waals surface area contributed by atoms with Crippen molar-refractivity contribution < 1.29 is 9.59 Å². The number of carbonyl (C=O) groups excluding carboxylic acids is 2. The Morgan fingerprint density at radius 2 is 1.96 bits per heavy atom. The van der Waals surface area contributed by atoms with E-state index in [1.165, 1.54) is 5.56 Å². The number of aromatic nitrogens is 2. The normalized spacial score (nSPS) is 17.7. The molecule has 1 aromatic heterocycles. The highest BCUT2D eigenvalue weighted by Crippen LogP contribution is 2.16. The van der Waals surface area contributed by atoms with Gasteiger partial charge in [0.1, 0.15) is 6.04 Å². The van der Waals surface area contributed by atoms with Crippen LogP contribution in [-0.2, 0) is 18.3 Å². The summed E-state index contributed by atoms with van der Waals surface area (Å²) < 4.78 is 1.65. The van der Waals surface area contributed by atoms with Crippen LogP contribution in [0, 0.1) is 6.92 Å². The van der Waals surface area contributed by atoms with Crippen LogP contribution in [0.25, 0.3) is 0 Å². The zero-order valence-corrected chi connectivity index (χ0v) is 16.2. The van der Waals surface area contributed by atoms with Gasteiger partial charge in [0.05, 0.1) is 11.3 Å². The molecule has 7 nitrogen and oxygen atoms in total. The number of benzene rings is 1. The topological polar surface area (TPSA) is 70.5 Å². The maximum Gasteiger partial charge on any atom is 0.257 e. The molecular formula is C20H27N5O2. The number of hydrogen-bond donors (Lipinski definition) is 1. The van der Waals surface area contributed by atoms with E-state index in [0.717, 1.165) is 13.0 Å². The first kappa shape index (κ1) is 19.1. The molecule has 1 aliphatic rings. The molecule has 1 aromatic carbocycles. The minimum atomic E-state index is -0.339. The monoisotopic (exact) mass is 369 g/mol. The van der Waals surface area contributed by atoms with E-state index in [-0.39, 0.29) is 17.9 Å². The van der Waals surface area contributed by atoms with E-state index in [1.807, 2.05) is 25.1 Å². The van der Waals surface area contributed by atoms with Crippen LogP contribution in [0.4, 0.5) is 0 Å². The minimum Gasteiger partial charge on any atom is -0.358 e. The second-order valence-corrected chi connectivity index (χ2v) is 6.95. The third-order valence-corrected chi connectivity index (χ3v) is 5.10. The largest absolute Gasteiger partial charge is 0.358 e. The summed E-state index contributed by atoms with van der Waals surface area (Å²) in [6.45, 7) is 4.29. The predicted molar refractivity (Wildman–Crippen MR) is 103 cm³/mol. The third-order valence-electron chi connectivity index (χ3n) is 5.10. The zero-order valence-electron chi connectivity index (χ0n) is 16.2. The Balaban J connectivity index is 1.69. The van der Waals surface area contributed by atoms with Gasteiger partial charge in [0.15, 0.2) is 0 Å². The molecule has 27 heavy (non-hydrogen) atoms. The van der Waals surface area contributed by atoms with Gasteiger partial charge in [-0.3, -0.25) is 19.2 Å². The average Bonchev–Trinajstić information content (AvgIpc) is 3.03. The third kappa shape index (κ3) is 4.36. The molecule has 0 unspecified atom stereocenters. The molecule has 1 saturated heterocycles. The minimum absolute atomic E-state index is 0.0523. The number of nitrogens with one attached hydrogen (secondary N) is 1. The van der Waals surface area contributed by atoms with Gasteiger partial charge >= 0.3 is 0 Å². The molecule has 0 spiro atoms. The van der Waals surface area contributed by atoms with Gasteiger partial charge in [-0.2, -0.15) is 5.10 Å². The van der Waals surface area contributed by atoms with E-state index < -0.39 is 0 Å². The predicted octanol–water partition coefficient (Wildman–Crippen LogP) is 0.844. The van der Waals surface area contributed by atoms with Crippen molar-refractivity contribution in [2.75, 3.05) is 33.2 Å². The summed E-state index contributed by atoms with van der Waals surface area (Å²) in [5.41, 5.74) is 2.56. The van der Waals surface area contributed by atoms with Crippen LogP contribution in [0.1, 0.15) is 21.6 Å². The van der Waals surface area contributed by atoms with Crippen molar-refractivity contribution in [3.63, 3.8) is 0 Å². The van der Waals surface area contributed by atoms with Gasteiger partial charge in [-0.1, -0.05) is 30.3 Å². The highest BCUT2D eigenvalue weighted by molar-refractivity contribution is 5.95. The van der Waals surface area contributed by atoms with Crippen molar-refractivity contribution in [3.05, 3.63) is 53.3 Å². The standard InChI is InChI=1S/C20H27N5O2/c1-15-17(13-23(3)22-15)20(27)25-12-11-24(18(14-25)19(26)21-2)10-9-16-7-5-4-6-8-16/h4-8,13,18H,9-12,14H2,1-3H3,(H,21,26)/t18-/m0/s1. The lowest BCUT2D eigenvalue weighted by Crippen LogP contribution is -2.60. The fourth-order valence-electron chi connectivity index (χ4n) is 3.59. The maximum absolute atomic E-state index is 12.9. The summed E-state index contributed by atoms with van der Waals surface area (Å²) in [4.78, 5) is 29.3. The molecule has 0 saturated carbocycles. The summed E-state index contributed by atoms with van der Waals surface area (Å²) >= 11 is 0. The van der Waals surface area contributed by atoms with Crippen LogP contribution in [0.3, 0.4) is 0 Å². The van der Waals surface area contributed by atoms with Crippen LogP contribution in [0.15, 0.2) is 36.5 Å². The SMILES string of the molecule is CNC(=O)[C@@H]1CN(C(=O)c2cn(C)nc2C)CCN1CCc1ccccc1. The van der Waals surface area contributed by atoms with Crippen molar-refractivity contribution >= 4 is 11.8 Å². The molecular weight excluding hydrogens is 342 g/mol. The Hall–Kier alpha value is -2.67. The molecule has 0 bridgehead atoms. The fraction of sp³-hybridized carbons (Fsp3) is 0.450. The molecule has 2 heterocycles. The Morgan fingerprint density at radius 3 is 2.59 bits per heavy atom. The molecule has 2 aromatic rings. The maximum atomic E-state index is 12.9. The summed E-state index contributed by atoms with van der Waals surface area (Å²) in [6, 6.07) is 9.91. The van der Waals surface area contributed by atoms with Crippen LogP contribution in [-0.4, -0.2) is 70.7 Å². The van der Waals surface area contributed by atoms with Crippen molar-refractivity contribution in [1.29, 1.82) is 0 Å². The second-order valence-electron chi connectivity index (χ2n) is 6.95. The molecule has 1 aliphatic heterocycles. The van der Waals surface area contributed by atoms with E-state index in [9.17, 15) is 9.59 Å². The number of carbonyl (C=O) groups is 2. The number of amides is 2. The Labute approximate surface area is 159 Å². The molecule has 0 aliphatic carbocycles. The Morgan fingerprint density at radius 1 is 1.22 bits per heavy atom. The van der Waals surface area contributed by atoms with Gasteiger partial charge in [-0.15, -0.1) is 0 Å². The summed E-state index contributed by atoms with van der Waals surface area (Å²) in [7, 11) is 3.45. The number of aryl methyl sites for hydroxylation is 2. The lowest BCUT2D eigenvalue weighted by atomic mass is 10.1. The van der Waals surface area contributed by atoms with E-state index in [1.54, 1.807) is 29.9 Å². The molecule has 1 N–H and O–H groups in total. The first-order valence-corrected chi connectivity index (χ1v) is 9.28. The Bertz CT molecular complexity index is 802. The number of rotatable bonds is 5. The fourth-order valence-corrected chi connectivity index (χ4v) is 3.59. The molecule has 7 heteroatoms. The van der Waals surface area contributed by atoms with Gasteiger partial charge in [-0.05, 0) is 18.9 Å². The van der Waals surface area contributed by atoms with Gasteiger partial charge in [0, 0.05) is 46.5 Å². The van der Waals surface area contributed by atoms with E-state index in [4.69, 9.17) is 0 Å². The van der Waals surface area contributed by atoms with Crippen LogP contribution in [0.5, 0.6) is 0 Å². The Kier molecular flexibility index (Phi) is 5.91. The molecule has 1 atom stereocenters. The van der Waals surface area contributed by atoms with Gasteiger partial charge in [0.2, 0.25) is 5.91 Å². The summed E-state index contributed by atoms with van der Waals surface area (Å²) in [5, 5.41) is 7.00.